The Balaban J connectivity index is 2.09. The summed E-state index contributed by atoms with van der Waals surface area (Å²) in [6.45, 7) is 2.26. The summed E-state index contributed by atoms with van der Waals surface area (Å²) in [6.07, 6.45) is 1.45. The molecule has 106 valence electrons. The van der Waals surface area contributed by atoms with E-state index in [2.05, 4.69) is 9.71 Å². The van der Waals surface area contributed by atoms with Crippen LogP contribution in [0, 0.1) is 0 Å². The van der Waals surface area contributed by atoms with Gasteiger partial charge >= 0.3 is 0 Å². The number of pyridine rings is 1. The highest BCUT2D eigenvalue weighted by atomic mass is 35.5. The molecule has 0 saturated heterocycles. The van der Waals surface area contributed by atoms with Crippen molar-refractivity contribution < 1.29 is 8.42 Å². The maximum atomic E-state index is 12.2. The van der Waals surface area contributed by atoms with Gasteiger partial charge in [0.25, 0.3) is 0 Å². The van der Waals surface area contributed by atoms with Crippen molar-refractivity contribution in [1.82, 2.24) is 9.71 Å². The summed E-state index contributed by atoms with van der Waals surface area (Å²) in [5.74, 6) is 0.0708. The molecule has 0 fully saturated rings. The quantitative estimate of drug-likeness (QED) is 0.864. The first-order valence-corrected chi connectivity index (χ1v) is 8.02. The minimum absolute atomic E-state index is 0.00179. The summed E-state index contributed by atoms with van der Waals surface area (Å²) in [6, 6.07) is 12.7. The van der Waals surface area contributed by atoms with Crippen LogP contribution in [0.3, 0.4) is 0 Å². The topological polar surface area (TPSA) is 59.1 Å². The number of sulfonamides is 1. The fourth-order valence-corrected chi connectivity index (χ4v) is 3.36. The van der Waals surface area contributed by atoms with Gasteiger partial charge in [0.05, 0.1) is 0 Å². The molecule has 20 heavy (non-hydrogen) atoms. The van der Waals surface area contributed by atoms with Gasteiger partial charge in [0, 0.05) is 12.7 Å². The number of hydrogen-bond donors (Lipinski definition) is 1. The Morgan fingerprint density at radius 2 is 1.90 bits per heavy atom. The molecule has 1 atom stereocenters. The van der Waals surface area contributed by atoms with E-state index in [9.17, 15) is 8.42 Å². The Kier molecular flexibility index (Phi) is 4.75. The van der Waals surface area contributed by atoms with E-state index in [-0.39, 0.29) is 16.0 Å². The second-order valence-electron chi connectivity index (χ2n) is 4.46. The van der Waals surface area contributed by atoms with Crippen molar-refractivity contribution in [3.8, 4) is 0 Å². The third-order valence-corrected chi connectivity index (χ3v) is 4.83. The van der Waals surface area contributed by atoms with Gasteiger partial charge in [0.1, 0.15) is 10.0 Å². The molecular weight excluding hydrogens is 296 g/mol. The molecule has 2 aromatic rings. The van der Waals surface area contributed by atoms with Gasteiger partial charge in [-0.3, -0.25) is 0 Å². The number of hydrogen-bond acceptors (Lipinski definition) is 3. The van der Waals surface area contributed by atoms with Crippen LogP contribution in [-0.4, -0.2) is 19.9 Å². The zero-order valence-corrected chi connectivity index (χ0v) is 12.5. The lowest BCUT2D eigenvalue weighted by molar-refractivity contribution is 0.574. The molecule has 0 bridgehead atoms. The van der Waals surface area contributed by atoms with Crippen molar-refractivity contribution in [2.75, 3.05) is 6.54 Å². The highest BCUT2D eigenvalue weighted by Crippen LogP contribution is 2.19. The summed E-state index contributed by atoms with van der Waals surface area (Å²) >= 11 is 5.81. The van der Waals surface area contributed by atoms with Gasteiger partial charge in [-0.05, 0) is 23.6 Å². The molecular formula is C14H15ClN2O2S. The largest absolute Gasteiger partial charge is 0.243 e. The summed E-state index contributed by atoms with van der Waals surface area (Å²) in [4.78, 5) is 3.78. The lowest BCUT2D eigenvalue weighted by Crippen LogP contribution is -2.28. The molecule has 0 radical (unpaired) electrons. The number of nitrogens with one attached hydrogen (secondary N) is 1. The molecule has 1 N–H and O–H groups in total. The van der Waals surface area contributed by atoms with Crippen molar-refractivity contribution in [3.05, 3.63) is 59.4 Å². The van der Waals surface area contributed by atoms with E-state index in [4.69, 9.17) is 11.6 Å². The zero-order valence-electron chi connectivity index (χ0n) is 11.0. The predicted octanol–water partition coefficient (Wildman–Crippen LogP) is 2.82. The highest BCUT2D eigenvalue weighted by Gasteiger charge is 2.19. The van der Waals surface area contributed by atoms with Crippen LogP contribution in [0.5, 0.6) is 0 Å². The van der Waals surface area contributed by atoms with Crippen LogP contribution >= 0.6 is 11.6 Å². The van der Waals surface area contributed by atoms with E-state index in [1.165, 1.54) is 12.3 Å². The van der Waals surface area contributed by atoms with Crippen molar-refractivity contribution >= 4 is 21.6 Å². The summed E-state index contributed by atoms with van der Waals surface area (Å²) in [5.41, 5.74) is 1.08. The number of benzene rings is 1. The van der Waals surface area contributed by atoms with Crippen LogP contribution in [0.4, 0.5) is 0 Å². The van der Waals surface area contributed by atoms with Gasteiger partial charge in [0.15, 0.2) is 0 Å². The van der Waals surface area contributed by atoms with Gasteiger partial charge in [-0.2, -0.15) is 0 Å². The predicted molar refractivity (Wildman–Crippen MR) is 79.3 cm³/mol. The fraction of sp³-hybridized carbons (Fsp3) is 0.214. The Labute approximate surface area is 123 Å². The van der Waals surface area contributed by atoms with Crippen molar-refractivity contribution in [3.63, 3.8) is 0 Å². The van der Waals surface area contributed by atoms with Crippen molar-refractivity contribution in [2.45, 2.75) is 17.7 Å². The molecule has 1 unspecified atom stereocenters. The molecule has 1 heterocycles. The Morgan fingerprint density at radius 1 is 1.20 bits per heavy atom. The first-order valence-electron chi connectivity index (χ1n) is 6.16. The average Bonchev–Trinajstić information content (AvgIpc) is 2.46. The molecule has 6 heteroatoms. The normalized spacial score (nSPS) is 13.1. The van der Waals surface area contributed by atoms with Crippen molar-refractivity contribution in [1.29, 1.82) is 0 Å². The number of halogens is 1. The molecule has 1 aromatic carbocycles. The van der Waals surface area contributed by atoms with Gasteiger partial charge in [-0.15, -0.1) is 0 Å². The molecule has 1 aromatic heterocycles. The van der Waals surface area contributed by atoms with Crippen LogP contribution < -0.4 is 4.72 Å². The lowest BCUT2D eigenvalue weighted by Gasteiger charge is -2.13. The van der Waals surface area contributed by atoms with Crippen LogP contribution in [0.2, 0.25) is 5.15 Å². The number of rotatable bonds is 5. The SMILES string of the molecule is CC(CNS(=O)(=O)c1cccnc1Cl)c1ccccc1. The summed E-state index contributed by atoms with van der Waals surface area (Å²) in [5, 5.41) is -0.0210. The average molecular weight is 311 g/mol. The Morgan fingerprint density at radius 3 is 2.55 bits per heavy atom. The molecule has 0 spiro atoms. The minimum atomic E-state index is -3.64. The van der Waals surface area contributed by atoms with E-state index in [1.807, 2.05) is 37.3 Å². The number of aromatic nitrogens is 1. The van der Waals surface area contributed by atoms with E-state index < -0.39 is 10.0 Å². The van der Waals surface area contributed by atoms with E-state index in [1.54, 1.807) is 6.07 Å². The van der Waals surface area contributed by atoms with E-state index in [0.717, 1.165) is 5.56 Å². The Hall–Kier alpha value is -1.43. The molecule has 2 rings (SSSR count). The number of nitrogens with zero attached hydrogens (tertiary/aromatic N) is 1. The smallest absolute Gasteiger partial charge is 0.243 e. The fourth-order valence-electron chi connectivity index (χ4n) is 1.78. The monoisotopic (exact) mass is 310 g/mol. The van der Waals surface area contributed by atoms with E-state index in [0.29, 0.717) is 6.54 Å². The molecule has 0 amide bonds. The standard InChI is InChI=1S/C14H15ClN2O2S/c1-11(12-6-3-2-4-7-12)10-17-20(18,19)13-8-5-9-16-14(13)15/h2-9,11,17H,10H2,1H3. The highest BCUT2D eigenvalue weighted by molar-refractivity contribution is 7.89. The molecule has 0 aliphatic heterocycles. The van der Waals surface area contributed by atoms with Gasteiger partial charge in [0.2, 0.25) is 10.0 Å². The van der Waals surface area contributed by atoms with Gasteiger partial charge in [-0.1, -0.05) is 48.9 Å². The Bertz CT molecular complexity index is 675. The molecule has 0 saturated carbocycles. The van der Waals surface area contributed by atoms with Crippen LogP contribution in [0.15, 0.2) is 53.6 Å². The first-order chi connectivity index (χ1) is 9.50. The molecule has 0 aliphatic rings. The third kappa shape index (κ3) is 3.56. The summed E-state index contributed by atoms with van der Waals surface area (Å²) < 4.78 is 26.9. The zero-order chi connectivity index (χ0) is 14.6. The van der Waals surface area contributed by atoms with Crippen LogP contribution in [0.1, 0.15) is 18.4 Å². The second-order valence-corrected chi connectivity index (χ2v) is 6.55. The maximum absolute atomic E-state index is 12.2. The second kappa shape index (κ2) is 6.35. The molecule has 4 nitrogen and oxygen atoms in total. The van der Waals surface area contributed by atoms with Gasteiger partial charge in [-0.25, -0.2) is 18.1 Å². The summed E-state index contributed by atoms with van der Waals surface area (Å²) in [7, 11) is -3.64. The van der Waals surface area contributed by atoms with E-state index >= 15 is 0 Å². The third-order valence-electron chi connectivity index (χ3n) is 2.96. The minimum Gasteiger partial charge on any atom is -0.243 e. The lowest BCUT2D eigenvalue weighted by atomic mass is 10.0. The van der Waals surface area contributed by atoms with Gasteiger partial charge < -0.3 is 0 Å². The maximum Gasteiger partial charge on any atom is 0.243 e. The molecule has 0 aliphatic carbocycles. The van der Waals surface area contributed by atoms with Crippen LogP contribution in [0.25, 0.3) is 0 Å². The van der Waals surface area contributed by atoms with Crippen LogP contribution in [-0.2, 0) is 10.0 Å². The first kappa shape index (κ1) is 15.0. The van der Waals surface area contributed by atoms with Crippen molar-refractivity contribution in [2.24, 2.45) is 0 Å².